The van der Waals surface area contributed by atoms with Crippen LogP contribution in [0.3, 0.4) is 0 Å². The van der Waals surface area contributed by atoms with Crippen molar-refractivity contribution in [3.05, 3.63) is 47.5 Å². The number of aromatic amines is 1. The van der Waals surface area contributed by atoms with Crippen LogP contribution in [-0.2, 0) is 0 Å². The van der Waals surface area contributed by atoms with Crippen LogP contribution in [-0.4, -0.2) is 39.9 Å². The highest BCUT2D eigenvalue weighted by atomic mass is 35.5. The Morgan fingerprint density at radius 2 is 2.38 bits per heavy atom. The van der Waals surface area contributed by atoms with Gasteiger partial charge in [-0.25, -0.2) is 4.98 Å². The zero-order valence-corrected chi connectivity index (χ0v) is 13.7. The lowest BCUT2D eigenvalue weighted by molar-refractivity contribution is 0.0682. The van der Waals surface area contributed by atoms with Crippen LogP contribution in [0.4, 0.5) is 5.82 Å². The van der Waals surface area contributed by atoms with E-state index in [9.17, 15) is 4.79 Å². The molecule has 3 aromatic heterocycles. The van der Waals surface area contributed by atoms with Crippen LogP contribution < -0.4 is 5.32 Å². The summed E-state index contributed by atoms with van der Waals surface area (Å²) in [6, 6.07) is 7.28. The number of hydrogen-bond donors (Lipinski definition) is 2. The first-order valence-electron chi connectivity index (χ1n) is 7.93. The van der Waals surface area contributed by atoms with Gasteiger partial charge < -0.3 is 19.6 Å². The summed E-state index contributed by atoms with van der Waals surface area (Å²) in [6.07, 6.45) is 5.24. The van der Waals surface area contributed by atoms with Crippen molar-refractivity contribution in [3.63, 3.8) is 0 Å². The van der Waals surface area contributed by atoms with Crippen molar-refractivity contribution in [2.75, 3.05) is 18.4 Å². The van der Waals surface area contributed by atoms with E-state index >= 15 is 0 Å². The Morgan fingerprint density at radius 1 is 1.46 bits per heavy atom. The van der Waals surface area contributed by atoms with Crippen molar-refractivity contribution in [3.8, 4) is 0 Å². The number of halogens is 1. The molecule has 0 radical (unpaired) electrons. The topological polar surface area (TPSA) is 74.2 Å². The number of amides is 1. The molecule has 1 saturated heterocycles. The number of carbonyl (C=O) groups excluding carboxylic acids is 1. The van der Waals surface area contributed by atoms with Crippen molar-refractivity contribution in [1.82, 2.24) is 14.9 Å². The van der Waals surface area contributed by atoms with E-state index in [4.69, 9.17) is 16.0 Å². The molecule has 1 aliphatic rings. The van der Waals surface area contributed by atoms with Gasteiger partial charge in [-0.15, -0.1) is 0 Å². The first kappa shape index (κ1) is 15.1. The number of H-pyrrole nitrogens is 1. The molecular weight excluding hydrogens is 328 g/mol. The van der Waals surface area contributed by atoms with E-state index in [0.717, 1.165) is 30.4 Å². The van der Waals surface area contributed by atoms with E-state index in [-0.39, 0.29) is 11.9 Å². The number of anilines is 1. The summed E-state index contributed by atoms with van der Waals surface area (Å²) >= 11 is 6.29. The third-order valence-electron chi connectivity index (χ3n) is 4.27. The number of nitrogens with zero attached hydrogens (tertiary/aromatic N) is 2. The highest BCUT2D eigenvalue weighted by Crippen LogP contribution is 2.25. The average molecular weight is 345 g/mol. The lowest BCUT2D eigenvalue weighted by atomic mass is 10.1. The summed E-state index contributed by atoms with van der Waals surface area (Å²) in [6.45, 7) is 1.35. The molecule has 4 heterocycles. The van der Waals surface area contributed by atoms with Crippen molar-refractivity contribution >= 4 is 34.4 Å². The monoisotopic (exact) mass is 344 g/mol. The van der Waals surface area contributed by atoms with Crippen molar-refractivity contribution < 1.29 is 9.21 Å². The fourth-order valence-corrected chi connectivity index (χ4v) is 3.37. The highest BCUT2D eigenvalue weighted by molar-refractivity contribution is 6.35. The predicted octanol–water partition coefficient (Wildman–Crippen LogP) is 3.53. The lowest BCUT2D eigenvalue weighted by Gasteiger charge is -2.33. The van der Waals surface area contributed by atoms with Crippen LogP contribution in [0.5, 0.6) is 0 Å². The molecule has 0 spiro atoms. The minimum atomic E-state index is -0.0719. The number of piperidine rings is 1. The van der Waals surface area contributed by atoms with Crippen molar-refractivity contribution in [2.45, 2.75) is 18.9 Å². The Bertz CT molecular complexity index is 859. The molecule has 0 aliphatic carbocycles. The highest BCUT2D eigenvalue weighted by Gasteiger charge is 2.26. The minimum Gasteiger partial charge on any atom is -0.459 e. The maximum atomic E-state index is 12.4. The maximum Gasteiger partial charge on any atom is 0.289 e. The van der Waals surface area contributed by atoms with Crippen molar-refractivity contribution in [1.29, 1.82) is 0 Å². The number of hydrogen-bond acceptors (Lipinski definition) is 4. The van der Waals surface area contributed by atoms with Gasteiger partial charge in [0.2, 0.25) is 0 Å². The predicted molar refractivity (Wildman–Crippen MR) is 92.4 cm³/mol. The standard InChI is InChI=1S/C17H17ClN4O2/c18-13-9-15(21-16-12(13)5-6-19-16)20-11-3-1-7-22(10-11)17(23)14-4-2-8-24-14/h2,4-6,8-9,11H,1,3,7,10H2,(H2,19,20,21)/t11-/m0/s1. The minimum absolute atomic E-state index is 0.0719. The van der Waals surface area contributed by atoms with E-state index in [0.29, 0.717) is 23.1 Å². The number of aromatic nitrogens is 2. The van der Waals surface area contributed by atoms with Crippen LogP contribution in [0.2, 0.25) is 5.02 Å². The Kier molecular flexibility index (Phi) is 3.90. The zero-order valence-electron chi connectivity index (χ0n) is 13.0. The van der Waals surface area contributed by atoms with Gasteiger partial charge >= 0.3 is 0 Å². The molecule has 24 heavy (non-hydrogen) atoms. The smallest absolute Gasteiger partial charge is 0.289 e. The number of rotatable bonds is 3. The van der Waals surface area contributed by atoms with Crippen molar-refractivity contribution in [2.24, 2.45) is 0 Å². The quantitative estimate of drug-likeness (QED) is 0.762. The summed E-state index contributed by atoms with van der Waals surface area (Å²) in [5.41, 5.74) is 0.754. The largest absolute Gasteiger partial charge is 0.459 e. The van der Waals surface area contributed by atoms with Gasteiger partial charge in [-0.05, 0) is 37.1 Å². The van der Waals surface area contributed by atoms with Gasteiger partial charge in [-0.1, -0.05) is 11.6 Å². The average Bonchev–Trinajstić information content (AvgIpc) is 3.26. The first-order chi connectivity index (χ1) is 11.7. The zero-order chi connectivity index (χ0) is 16.5. The second-order valence-electron chi connectivity index (χ2n) is 5.94. The third kappa shape index (κ3) is 2.85. The summed E-state index contributed by atoms with van der Waals surface area (Å²) in [5.74, 6) is 1.02. The summed E-state index contributed by atoms with van der Waals surface area (Å²) in [4.78, 5) is 21.8. The Hall–Kier alpha value is -2.47. The lowest BCUT2D eigenvalue weighted by Crippen LogP contribution is -2.45. The summed E-state index contributed by atoms with van der Waals surface area (Å²) in [7, 11) is 0. The van der Waals surface area contributed by atoms with Gasteiger partial charge in [0.05, 0.1) is 11.3 Å². The Labute approximate surface area is 143 Å². The van der Waals surface area contributed by atoms with E-state index in [1.165, 1.54) is 6.26 Å². The molecule has 4 rings (SSSR count). The van der Waals surface area contributed by atoms with Gasteiger partial charge in [0.1, 0.15) is 11.5 Å². The van der Waals surface area contributed by atoms with Gasteiger partial charge in [-0.2, -0.15) is 0 Å². The van der Waals surface area contributed by atoms with Crippen LogP contribution >= 0.6 is 11.6 Å². The maximum absolute atomic E-state index is 12.4. The molecule has 6 nitrogen and oxygen atoms in total. The molecule has 1 amide bonds. The van der Waals surface area contributed by atoms with Crippen LogP contribution in [0.25, 0.3) is 11.0 Å². The third-order valence-corrected chi connectivity index (χ3v) is 4.58. The number of furan rings is 1. The van der Waals surface area contributed by atoms with E-state index < -0.39 is 0 Å². The van der Waals surface area contributed by atoms with E-state index in [1.54, 1.807) is 12.1 Å². The Balaban J connectivity index is 1.48. The number of nitrogens with one attached hydrogen (secondary N) is 2. The molecule has 7 heteroatoms. The molecule has 0 aromatic carbocycles. The van der Waals surface area contributed by atoms with E-state index in [2.05, 4.69) is 15.3 Å². The molecule has 0 unspecified atom stereocenters. The number of carbonyl (C=O) groups is 1. The fraction of sp³-hybridized carbons (Fsp3) is 0.294. The molecule has 1 atom stereocenters. The molecule has 1 aliphatic heterocycles. The SMILES string of the molecule is O=C(c1ccco1)N1CCC[C@H](Nc2cc(Cl)c3cc[nH]c3n2)C1. The fourth-order valence-electron chi connectivity index (χ4n) is 3.11. The molecular formula is C17H17ClN4O2. The summed E-state index contributed by atoms with van der Waals surface area (Å²) in [5, 5.41) is 4.95. The van der Waals surface area contributed by atoms with Crippen LogP contribution in [0, 0.1) is 0 Å². The van der Waals surface area contributed by atoms with E-state index in [1.807, 2.05) is 23.2 Å². The van der Waals surface area contributed by atoms with Crippen LogP contribution in [0.1, 0.15) is 23.4 Å². The van der Waals surface area contributed by atoms with Gasteiger partial charge in [0.25, 0.3) is 5.91 Å². The molecule has 2 N–H and O–H groups in total. The first-order valence-corrected chi connectivity index (χ1v) is 8.31. The second kappa shape index (κ2) is 6.20. The molecule has 0 bridgehead atoms. The van der Waals surface area contributed by atoms with Crippen LogP contribution in [0.15, 0.2) is 41.1 Å². The molecule has 3 aromatic rings. The molecule has 124 valence electrons. The van der Waals surface area contributed by atoms with Gasteiger partial charge in [-0.3, -0.25) is 4.79 Å². The number of fused-ring (bicyclic) bond motifs is 1. The number of pyridine rings is 1. The normalized spacial score (nSPS) is 18.0. The molecule has 0 saturated carbocycles. The summed E-state index contributed by atoms with van der Waals surface area (Å²) < 4.78 is 5.21. The Morgan fingerprint density at radius 3 is 3.21 bits per heavy atom. The van der Waals surface area contributed by atoms with Gasteiger partial charge in [0.15, 0.2) is 5.76 Å². The number of likely N-dealkylation sites (tertiary alicyclic amines) is 1. The second-order valence-corrected chi connectivity index (χ2v) is 6.35. The molecule has 1 fully saturated rings. The van der Waals surface area contributed by atoms with Gasteiger partial charge in [0, 0.05) is 30.7 Å².